The van der Waals surface area contributed by atoms with Crippen molar-refractivity contribution in [2.75, 3.05) is 11.9 Å². The number of hydrogen-bond acceptors (Lipinski definition) is 4. The molecule has 0 aliphatic heterocycles. The lowest BCUT2D eigenvalue weighted by Crippen LogP contribution is -2.26. The number of aromatic nitrogens is 2. The number of rotatable bonds is 3. The zero-order valence-corrected chi connectivity index (χ0v) is 9.26. The van der Waals surface area contributed by atoms with Crippen LogP contribution in [0.25, 0.3) is 0 Å². The third-order valence-corrected chi connectivity index (χ3v) is 2.24. The van der Waals surface area contributed by atoms with E-state index in [2.05, 4.69) is 15.3 Å². The molecule has 4 heteroatoms. The molecule has 1 atom stereocenters. The van der Waals surface area contributed by atoms with E-state index < -0.39 is 0 Å². The van der Waals surface area contributed by atoms with Crippen LogP contribution in [0.5, 0.6) is 0 Å². The van der Waals surface area contributed by atoms with Gasteiger partial charge in [-0.2, -0.15) is 0 Å². The predicted molar refractivity (Wildman–Crippen MR) is 58.4 cm³/mol. The summed E-state index contributed by atoms with van der Waals surface area (Å²) in [7, 11) is 0. The minimum atomic E-state index is 0.238. The predicted octanol–water partition coefficient (Wildman–Crippen LogP) is 1.16. The van der Waals surface area contributed by atoms with Crippen molar-refractivity contribution in [1.82, 2.24) is 9.97 Å². The fraction of sp³-hybridized carbons (Fsp3) is 0.600. The van der Waals surface area contributed by atoms with Gasteiger partial charge in [0.05, 0.1) is 0 Å². The van der Waals surface area contributed by atoms with Crippen LogP contribution in [-0.4, -0.2) is 22.6 Å². The molecule has 0 saturated heterocycles. The Kier molecular flexibility index (Phi) is 3.41. The lowest BCUT2D eigenvalue weighted by Gasteiger charge is -2.15. The number of nitrogens with zero attached hydrogens (tertiary/aromatic N) is 2. The van der Waals surface area contributed by atoms with E-state index in [0.29, 0.717) is 6.54 Å². The van der Waals surface area contributed by atoms with Gasteiger partial charge in [-0.1, -0.05) is 0 Å². The minimum absolute atomic E-state index is 0.238. The number of hydrogen-bond donors (Lipinski definition) is 2. The zero-order chi connectivity index (χ0) is 10.7. The molecule has 3 N–H and O–H groups in total. The Morgan fingerprint density at radius 3 is 2.50 bits per heavy atom. The highest BCUT2D eigenvalue weighted by atomic mass is 15.1. The number of anilines is 1. The van der Waals surface area contributed by atoms with Gasteiger partial charge in [0.15, 0.2) is 0 Å². The first-order valence-corrected chi connectivity index (χ1v) is 4.83. The van der Waals surface area contributed by atoms with Crippen molar-refractivity contribution in [3.63, 3.8) is 0 Å². The summed E-state index contributed by atoms with van der Waals surface area (Å²) < 4.78 is 0. The molecule has 1 aromatic heterocycles. The van der Waals surface area contributed by atoms with Crippen LogP contribution in [0, 0.1) is 20.8 Å². The Hall–Kier alpha value is -1.16. The third kappa shape index (κ3) is 2.42. The fourth-order valence-corrected chi connectivity index (χ4v) is 1.20. The maximum absolute atomic E-state index is 5.54. The van der Waals surface area contributed by atoms with E-state index in [1.807, 2.05) is 27.7 Å². The van der Waals surface area contributed by atoms with Gasteiger partial charge in [0.1, 0.15) is 11.6 Å². The fourth-order valence-electron chi connectivity index (χ4n) is 1.20. The van der Waals surface area contributed by atoms with Gasteiger partial charge in [0, 0.05) is 23.8 Å². The van der Waals surface area contributed by atoms with Crippen LogP contribution in [0.15, 0.2) is 0 Å². The van der Waals surface area contributed by atoms with Gasteiger partial charge in [-0.15, -0.1) is 0 Å². The monoisotopic (exact) mass is 194 g/mol. The molecular weight excluding hydrogens is 176 g/mol. The summed E-state index contributed by atoms with van der Waals surface area (Å²) in [5.41, 5.74) is 7.65. The molecule has 14 heavy (non-hydrogen) atoms. The molecule has 4 nitrogen and oxygen atoms in total. The summed E-state index contributed by atoms with van der Waals surface area (Å²) in [5, 5.41) is 3.27. The van der Waals surface area contributed by atoms with Crippen LogP contribution < -0.4 is 11.1 Å². The van der Waals surface area contributed by atoms with Crippen molar-refractivity contribution in [3.8, 4) is 0 Å². The van der Waals surface area contributed by atoms with Gasteiger partial charge in [-0.05, 0) is 27.7 Å². The summed E-state index contributed by atoms with van der Waals surface area (Å²) in [6, 6.07) is 0.238. The maximum atomic E-state index is 5.54. The van der Waals surface area contributed by atoms with E-state index in [-0.39, 0.29) is 6.04 Å². The van der Waals surface area contributed by atoms with Crippen molar-refractivity contribution in [3.05, 3.63) is 17.1 Å². The molecule has 0 fully saturated rings. The van der Waals surface area contributed by atoms with Crippen LogP contribution in [0.4, 0.5) is 5.82 Å². The maximum Gasteiger partial charge on any atom is 0.133 e. The SMILES string of the molecule is Cc1nc(C)c(C)c(NC(C)CN)n1. The highest BCUT2D eigenvalue weighted by molar-refractivity contribution is 5.46. The number of aryl methyl sites for hydroxylation is 2. The number of nitrogens with two attached hydrogens (primary N) is 1. The Balaban J connectivity index is 2.96. The average molecular weight is 194 g/mol. The van der Waals surface area contributed by atoms with Crippen LogP contribution in [0.1, 0.15) is 24.0 Å². The highest BCUT2D eigenvalue weighted by Gasteiger charge is 2.07. The van der Waals surface area contributed by atoms with Crippen molar-refractivity contribution < 1.29 is 0 Å². The molecule has 0 bridgehead atoms. The van der Waals surface area contributed by atoms with Gasteiger partial charge < -0.3 is 11.1 Å². The summed E-state index contributed by atoms with van der Waals surface area (Å²) in [6.07, 6.45) is 0. The molecule has 0 saturated carbocycles. The van der Waals surface area contributed by atoms with Crippen LogP contribution in [-0.2, 0) is 0 Å². The molecule has 1 aromatic rings. The Labute approximate surface area is 85.0 Å². The molecule has 0 radical (unpaired) electrons. The first-order valence-electron chi connectivity index (χ1n) is 4.83. The second-order valence-electron chi connectivity index (χ2n) is 3.61. The second kappa shape index (κ2) is 4.37. The topological polar surface area (TPSA) is 63.8 Å². The van der Waals surface area contributed by atoms with Gasteiger partial charge in [-0.3, -0.25) is 0 Å². The molecule has 1 unspecified atom stereocenters. The van der Waals surface area contributed by atoms with E-state index in [0.717, 1.165) is 22.9 Å². The quantitative estimate of drug-likeness (QED) is 0.758. The normalized spacial score (nSPS) is 12.6. The Morgan fingerprint density at radius 2 is 1.93 bits per heavy atom. The van der Waals surface area contributed by atoms with E-state index >= 15 is 0 Å². The first-order chi connectivity index (χ1) is 6.54. The summed E-state index contributed by atoms with van der Waals surface area (Å²) in [4.78, 5) is 8.63. The summed E-state index contributed by atoms with van der Waals surface area (Å²) >= 11 is 0. The minimum Gasteiger partial charge on any atom is -0.366 e. The van der Waals surface area contributed by atoms with Crippen molar-refractivity contribution in [2.24, 2.45) is 5.73 Å². The van der Waals surface area contributed by atoms with Crippen LogP contribution in [0.3, 0.4) is 0 Å². The van der Waals surface area contributed by atoms with Crippen LogP contribution >= 0.6 is 0 Å². The molecule has 1 rings (SSSR count). The Morgan fingerprint density at radius 1 is 1.29 bits per heavy atom. The van der Waals surface area contributed by atoms with E-state index in [1.165, 1.54) is 0 Å². The third-order valence-electron chi connectivity index (χ3n) is 2.24. The lowest BCUT2D eigenvalue weighted by atomic mass is 10.2. The second-order valence-corrected chi connectivity index (χ2v) is 3.61. The molecule has 0 aromatic carbocycles. The average Bonchev–Trinajstić information content (AvgIpc) is 2.13. The largest absolute Gasteiger partial charge is 0.366 e. The van der Waals surface area contributed by atoms with E-state index in [4.69, 9.17) is 5.73 Å². The molecular formula is C10H18N4. The van der Waals surface area contributed by atoms with Crippen molar-refractivity contribution in [1.29, 1.82) is 0 Å². The first kappa shape index (κ1) is 10.9. The Bertz CT molecular complexity index is 322. The zero-order valence-electron chi connectivity index (χ0n) is 9.26. The van der Waals surface area contributed by atoms with Gasteiger partial charge in [0.25, 0.3) is 0 Å². The van der Waals surface area contributed by atoms with Crippen LogP contribution in [0.2, 0.25) is 0 Å². The highest BCUT2D eigenvalue weighted by Crippen LogP contribution is 2.14. The summed E-state index contributed by atoms with van der Waals surface area (Å²) in [5.74, 6) is 1.69. The van der Waals surface area contributed by atoms with Gasteiger partial charge in [-0.25, -0.2) is 9.97 Å². The van der Waals surface area contributed by atoms with Gasteiger partial charge >= 0.3 is 0 Å². The molecule has 0 aliphatic rings. The number of nitrogens with one attached hydrogen (secondary N) is 1. The molecule has 78 valence electrons. The van der Waals surface area contributed by atoms with Gasteiger partial charge in [0.2, 0.25) is 0 Å². The molecule has 0 aliphatic carbocycles. The van der Waals surface area contributed by atoms with E-state index in [1.54, 1.807) is 0 Å². The molecule has 0 amide bonds. The molecule has 0 spiro atoms. The molecule has 1 heterocycles. The van der Waals surface area contributed by atoms with Crippen molar-refractivity contribution >= 4 is 5.82 Å². The standard InChI is InChI=1S/C10H18N4/c1-6(5-11)12-10-7(2)8(3)13-9(4)14-10/h6H,5,11H2,1-4H3,(H,12,13,14). The summed E-state index contributed by atoms with van der Waals surface area (Å²) in [6.45, 7) is 8.53. The van der Waals surface area contributed by atoms with Crippen molar-refractivity contribution in [2.45, 2.75) is 33.7 Å². The van der Waals surface area contributed by atoms with E-state index in [9.17, 15) is 0 Å². The smallest absolute Gasteiger partial charge is 0.133 e. The lowest BCUT2D eigenvalue weighted by molar-refractivity contribution is 0.791.